The highest BCUT2D eigenvalue weighted by Gasteiger charge is 2.16. The van der Waals surface area contributed by atoms with Crippen LogP contribution < -0.4 is 5.32 Å². The molecule has 1 amide bonds. The smallest absolute Gasteiger partial charge is 0.226 e. The van der Waals surface area contributed by atoms with E-state index in [0.717, 1.165) is 23.5 Å². The van der Waals surface area contributed by atoms with E-state index in [2.05, 4.69) is 10.3 Å². The number of sulfone groups is 1. The summed E-state index contributed by atoms with van der Waals surface area (Å²) in [4.78, 5) is 16.1. The lowest BCUT2D eigenvalue weighted by molar-refractivity contribution is -0.116. The van der Waals surface area contributed by atoms with E-state index < -0.39 is 27.4 Å². The van der Waals surface area contributed by atoms with Crippen LogP contribution in [0.3, 0.4) is 0 Å². The molecule has 0 aliphatic heterocycles. The summed E-state index contributed by atoms with van der Waals surface area (Å²) in [5.41, 5.74) is -0.0154. The molecule has 0 spiro atoms. The third-order valence-corrected chi connectivity index (χ3v) is 6.31. The molecule has 2 aromatic carbocycles. The Bertz CT molecular complexity index is 1050. The minimum atomic E-state index is -3.44. The average molecular weight is 396 g/mol. The van der Waals surface area contributed by atoms with E-state index in [1.807, 2.05) is 0 Å². The van der Waals surface area contributed by atoms with Crippen molar-refractivity contribution in [2.24, 2.45) is 0 Å². The van der Waals surface area contributed by atoms with Crippen LogP contribution in [0.25, 0.3) is 10.2 Å². The molecule has 0 aliphatic carbocycles. The van der Waals surface area contributed by atoms with Crippen molar-refractivity contribution in [3.8, 4) is 0 Å². The van der Waals surface area contributed by atoms with Crippen molar-refractivity contribution in [2.75, 3.05) is 11.1 Å². The summed E-state index contributed by atoms with van der Waals surface area (Å²) in [6.45, 7) is 0. The Morgan fingerprint density at radius 1 is 1.15 bits per heavy atom. The van der Waals surface area contributed by atoms with Crippen LogP contribution in [0.4, 0.5) is 13.9 Å². The molecule has 0 aliphatic rings. The number of aromatic nitrogens is 1. The normalized spacial score (nSPS) is 11.6. The number of thiazole rings is 1. The van der Waals surface area contributed by atoms with Gasteiger partial charge in [0, 0.05) is 12.5 Å². The molecule has 9 heteroatoms. The number of carbonyl (C=O) groups is 1. The highest BCUT2D eigenvalue weighted by Crippen LogP contribution is 2.28. The lowest BCUT2D eigenvalue weighted by Crippen LogP contribution is -2.14. The van der Waals surface area contributed by atoms with E-state index in [9.17, 15) is 22.0 Å². The maximum atomic E-state index is 13.6. The van der Waals surface area contributed by atoms with Crippen molar-refractivity contribution in [3.63, 3.8) is 0 Å². The van der Waals surface area contributed by atoms with E-state index in [0.29, 0.717) is 0 Å². The van der Waals surface area contributed by atoms with Gasteiger partial charge in [-0.05, 0) is 24.6 Å². The number of anilines is 1. The summed E-state index contributed by atoms with van der Waals surface area (Å²) in [6, 6.07) is 9.86. The van der Waals surface area contributed by atoms with Gasteiger partial charge in [0.15, 0.2) is 20.8 Å². The zero-order valence-electron chi connectivity index (χ0n) is 13.4. The molecule has 136 valence electrons. The first-order chi connectivity index (χ1) is 12.3. The standard InChI is InChI=1S/C17H14F2N2O3S2/c18-11-9-13(19)16-14(10-11)25-17(21-16)20-15(22)7-4-8-26(23,24)12-5-2-1-3-6-12/h1-3,5-6,9-10H,4,7-8H2,(H,20,21,22). The summed E-state index contributed by atoms with van der Waals surface area (Å²) >= 11 is 0.949. The quantitative estimate of drug-likeness (QED) is 0.688. The highest BCUT2D eigenvalue weighted by atomic mass is 32.2. The first-order valence-corrected chi connectivity index (χ1v) is 10.2. The van der Waals surface area contributed by atoms with Crippen LogP contribution in [-0.2, 0) is 14.6 Å². The van der Waals surface area contributed by atoms with Gasteiger partial charge in [-0.3, -0.25) is 4.79 Å². The second-order valence-electron chi connectivity index (χ2n) is 5.54. The molecule has 0 unspecified atom stereocenters. The van der Waals surface area contributed by atoms with Crippen LogP contribution in [-0.4, -0.2) is 25.1 Å². The number of hydrogen-bond donors (Lipinski definition) is 1. The fourth-order valence-electron chi connectivity index (χ4n) is 2.36. The number of benzene rings is 2. The van der Waals surface area contributed by atoms with Gasteiger partial charge in [0.25, 0.3) is 0 Å². The molecule has 3 rings (SSSR count). The Kier molecular flexibility index (Phi) is 5.28. The molecule has 0 fully saturated rings. The Labute approximate surface area is 152 Å². The number of nitrogens with one attached hydrogen (secondary N) is 1. The number of fused-ring (bicyclic) bond motifs is 1. The second kappa shape index (κ2) is 7.46. The third-order valence-electron chi connectivity index (χ3n) is 3.58. The van der Waals surface area contributed by atoms with Crippen molar-refractivity contribution >= 4 is 42.4 Å². The molecular formula is C17H14F2N2O3S2. The van der Waals surface area contributed by atoms with Gasteiger partial charge in [-0.15, -0.1) is 0 Å². The molecule has 1 heterocycles. The maximum absolute atomic E-state index is 13.6. The summed E-state index contributed by atoms with van der Waals surface area (Å²) in [6.07, 6.45) is 0.107. The molecule has 26 heavy (non-hydrogen) atoms. The van der Waals surface area contributed by atoms with Crippen LogP contribution >= 0.6 is 11.3 Å². The van der Waals surface area contributed by atoms with Gasteiger partial charge in [0.1, 0.15) is 11.3 Å². The summed E-state index contributed by atoms with van der Waals surface area (Å²) in [5.74, 6) is -2.12. The van der Waals surface area contributed by atoms with Crippen molar-refractivity contribution < 1.29 is 22.0 Å². The number of carbonyl (C=O) groups excluding carboxylic acids is 1. The summed E-state index contributed by atoms with van der Waals surface area (Å²) in [7, 11) is -3.44. The maximum Gasteiger partial charge on any atom is 0.226 e. The van der Waals surface area contributed by atoms with Gasteiger partial charge in [0.05, 0.1) is 15.3 Å². The molecule has 5 nitrogen and oxygen atoms in total. The number of hydrogen-bond acceptors (Lipinski definition) is 5. The first-order valence-electron chi connectivity index (χ1n) is 7.68. The van der Waals surface area contributed by atoms with Crippen LogP contribution in [0.15, 0.2) is 47.4 Å². The summed E-state index contributed by atoms with van der Waals surface area (Å²) < 4.78 is 51.4. The predicted molar refractivity (Wildman–Crippen MR) is 95.9 cm³/mol. The minimum Gasteiger partial charge on any atom is -0.302 e. The molecule has 1 aromatic heterocycles. The van der Waals surface area contributed by atoms with Crippen molar-refractivity contribution in [1.29, 1.82) is 0 Å². The van der Waals surface area contributed by atoms with Gasteiger partial charge in [-0.2, -0.15) is 0 Å². The van der Waals surface area contributed by atoms with Gasteiger partial charge >= 0.3 is 0 Å². The molecule has 0 atom stereocenters. The molecular weight excluding hydrogens is 382 g/mol. The third kappa shape index (κ3) is 4.23. The lowest BCUT2D eigenvalue weighted by atomic mass is 10.3. The fourth-order valence-corrected chi connectivity index (χ4v) is 4.61. The van der Waals surface area contributed by atoms with Gasteiger partial charge in [-0.25, -0.2) is 22.2 Å². The number of halogens is 2. The van der Waals surface area contributed by atoms with Crippen molar-refractivity contribution in [3.05, 3.63) is 54.1 Å². The zero-order chi connectivity index (χ0) is 18.7. The fraction of sp³-hybridized carbons (Fsp3) is 0.176. The SMILES string of the molecule is O=C(CCCS(=O)(=O)c1ccccc1)Nc1nc2c(F)cc(F)cc2s1. The number of nitrogens with zero attached hydrogens (tertiary/aromatic N) is 1. The highest BCUT2D eigenvalue weighted by molar-refractivity contribution is 7.91. The lowest BCUT2D eigenvalue weighted by Gasteiger charge is -2.04. The number of rotatable bonds is 6. The molecule has 0 bridgehead atoms. The predicted octanol–water partition coefficient (Wildman–Crippen LogP) is 3.77. The molecule has 0 saturated heterocycles. The monoisotopic (exact) mass is 396 g/mol. The van der Waals surface area contributed by atoms with E-state index in [4.69, 9.17) is 0 Å². The van der Waals surface area contributed by atoms with Gasteiger partial charge in [0.2, 0.25) is 5.91 Å². The average Bonchev–Trinajstić information content (AvgIpc) is 2.98. The Hall–Kier alpha value is -2.39. The minimum absolute atomic E-state index is 0.0154. The molecule has 3 aromatic rings. The van der Waals surface area contributed by atoms with Gasteiger partial charge in [-0.1, -0.05) is 29.5 Å². The van der Waals surface area contributed by atoms with Crippen molar-refractivity contribution in [1.82, 2.24) is 4.98 Å². The summed E-state index contributed by atoms with van der Waals surface area (Å²) in [5, 5.41) is 2.63. The number of amides is 1. The topological polar surface area (TPSA) is 76.1 Å². The van der Waals surface area contributed by atoms with E-state index in [-0.39, 0.29) is 38.8 Å². The van der Waals surface area contributed by atoms with Crippen LogP contribution in [0.5, 0.6) is 0 Å². The Balaban J connectivity index is 1.59. The Morgan fingerprint density at radius 3 is 2.62 bits per heavy atom. The van der Waals surface area contributed by atoms with E-state index >= 15 is 0 Å². The molecule has 0 saturated carbocycles. The van der Waals surface area contributed by atoms with Crippen molar-refractivity contribution in [2.45, 2.75) is 17.7 Å². The zero-order valence-corrected chi connectivity index (χ0v) is 15.0. The van der Waals surface area contributed by atoms with E-state index in [1.54, 1.807) is 18.2 Å². The second-order valence-corrected chi connectivity index (χ2v) is 8.68. The van der Waals surface area contributed by atoms with Crippen LogP contribution in [0, 0.1) is 11.6 Å². The van der Waals surface area contributed by atoms with Crippen LogP contribution in [0.2, 0.25) is 0 Å². The molecule has 0 radical (unpaired) electrons. The Morgan fingerprint density at radius 2 is 1.88 bits per heavy atom. The van der Waals surface area contributed by atoms with E-state index in [1.165, 1.54) is 12.1 Å². The van der Waals surface area contributed by atoms with Gasteiger partial charge < -0.3 is 5.32 Å². The largest absolute Gasteiger partial charge is 0.302 e. The first kappa shape index (κ1) is 18.4. The van der Waals surface area contributed by atoms with Crippen LogP contribution in [0.1, 0.15) is 12.8 Å². The molecule has 1 N–H and O–H groups in total.